The van der Waals surface area contributed by atoms with Crippen LogP contribution in [0.2, 0.25) is 0 Å². The molecule has 0 bridgehead atoms. The molecule has 0 radical (unpaired) electrons. The first kappa shape index (κ1) is 15.0. The Morgan fingerprint density at radius 2 is 1.83 bits per heavy atom. The number of hydrogen-bond donors (Lipinski definition) is 2. The lowest BCUT2D eigenvalue weighted by atomic mass is 9.83. The van der Waals surface area contributed by atoms with Crippen LogP contribution in [-0.4, -0.2) is 15.9 Å². The molecule has 0 spiro atoms. The van der Waals surface area contributed by atoms with Crippen LogP contribution in [0.15, 0.2) is 55.0 Å². The molecular formula is C19H19N3O. The van der Waals surface area contributed by atoms with Gasteiger partial charge in [0, 0.05) is 17.5 Å². The predicted molar refractivity (Wildman–Crippen MR) is 90.4 cm³/mol. The van der Waals surface area contributed by atoms with Crippen molar-refractivity contribution in [1.29, 1.82) is 0 Å². The van der Waals surface area contributed by atoms with Crippen molar-refractivity contribution < 1.29 is 4.79 Å². The van der Waals surface area contributed by atoms with Crippen LogP contribution in [0.5, 0.6) is 0 Å². The summed E-state index contributed by atoms with van der Waals surface area (Å²) >= 11 is 0. The lowest BCUT2D eigenvalue weighted by Gasteiger charge is -2.21. The Bertz CT molecular complexity index is 838. The van der Waals surface area contributed by atoms with Gasteiger partial charge < -0.3 is 10.7 Å². The zero-order valence-electron chi connectivity index (χ0n) is 13.2. The van der Waals surface area contributed by atoms with E-state index in [2.05, 4.69) is 35.9 Å². The largest absolute Gasteiger partial charge is 0.366 e. The third-order valence-electron chi connectivity index (χ3n) is 4.33. The number of amides is 1. The number of aromatic nitrogens is 2. The maximum atomic E-state index is 11.9. The molecule has 3 aromatic rings. The highest BCUT2D eigenvalue weighted by Gasteiger charge is 2.24. The summed E-state index contributed by atoms with van der Waals surface area (Å²) in [6, 6.07) is 13.7. The average Bonchev–Trinajstić information content (AvgIpc) is 3.06. The molecule has 0 saturated heterocycles. The first-order valence-corrected chi connectivity index (χ1v) is 7.52. The quantitative estimate of drug-likeness (QED) is 0.776. The maximum Gasteiger partial charge on any atom is 0.249 e. The summed E-state index contributed by atoms with van der Waals surface area (Å²) in [5.41, 5.74) is 11.5. The van der Waals surface area contributed by atoms with Gasteiger partial charge in [0.2, 0.25) is 5.91 Å². The Hall–Kier alpha value is -2.88. The summed E-state index contributed by atoms with van der Waals surface area (Å²) in [6.07, 6.45) is 3.45. The number of nitrogens with one attached hydrogen (secondary N) is 1. The molecule has 1 unspecified atom stereocenters. The van der Waals surface area contributed by atoms with E-state index in [1.165, 1.54) is 11.1 Å². The van der Waals surface area contributed by atoms with Gasteiger partial charge in [-0.3, -0.25) is 4.79 Å². The van der Waals surface area contributed by atoms with Crippen molar-refractivity contribution in [3.63, 3.8) is 0 Å². The third-order valence-corrected chi connectivity index (χ3v) is 4.33. The zero-order chi connectivity index (χ0) is 16.4. The van der Waals surface area contributed by atoms with Crippen molar-refractivity contribution in [2.45, 2.75) is 19.8 Å². The highest BCUT2D eigenvalue weighted by molar-refractivity contribution is 5.94. The standard InChI is InChI=1S/C19H19N3O/c1-12-6-5-9-14(13(12)2)18(17-10-21-11-22-17)15-7-3-4-8-16(15)19(20)23/h3-11,18H,1-2H3,(H2,20,23)(H,21,22). The molecule has 23 heavy (non-hydrogen) atoms. The van der Waals surface area contributed by atoms with Gasteiger partial charge in [0.05, 0.1) is 12.2 Å². The number of nitrogens with zero attached hydrogens (tertiary/aromatic N) is 1. The second-order valence-electron chi connectivity index (χ2n) is 5.68. The van der Waals surface area contributed by atoms with Gasteiger partial charge in [-0.05, 0) is 42.2 Å². The number of aromatic amines is 1. The molecule has 1 aromatic heterocycles. The number of nitrogens with two attached hydrogens (primary N) is 1. The maximum absolute atomic E-state index is 11.9. The van der Waals surface area contributed by atoms with Crippen LogP contribution in [0, 0.1) is 13.8 Å². The number of imidazole rings is 1. The number of hydrogen-bond acceptors (Lipinski definition) is 2. The normalized spacial score (nSPS) is 12.1. The Morgan fingerprint density at radius 3 is 2.52 bits per heavy atom. The summed E-state index contributed by atoms with van der Waals surface area (Å²) in [4.78, 5) is 19.2. The molecule has 0 fully saturated rings. The van der Waals surface area contributed by atoms with Gasteiger partial charge in [0.15, 0.2) is 0 Å². The first-order valence-electron chi connectivity index (χ1n) is 7.52. The van der Waals surface area contributed by atoms with Crippen molar-refractivity contribution in [3.8, 4) is 0 Å². The van der Waals surface area contributed by atoms with E-state index in [4.69, 9.17) is 5.73 Å². The van der Waals surface area contributed by atoms with Crippen LogP contribution in [-0.2, 0) is 0 Å². The van der Waals surface area contributed by atoms with Gasteiger partial charge >= 0.3 is 0 Å². The molecule has 0 aliphatic rings. The second kappa shape index (κ2) is 6.08. The summed E-state index contributed by atoms with van der Waals surface area (Å²) < 4.78 is 0. The lowest BCUT2D eigenvalue weighted by molar-refractivity contribution is 0.0999. The fourth-order valence-electron chi connectivity index (χ4n) is 2.99. The number of rotatable bonds is 4. The highest BCUT2D eigenvalue weighted by atomic mass is 16.1. The summed E-state index contributed by atoms with van der Waals surface area (Å²) in [6.45, 7) is 4.18. The molecular weight excluding hydrogens is 286 g/mol. The molecule has 4 heteroatoms. The minimum absolute atomic E-state index is 0.110. The Balaban J connectivity index is 2.27. The molecule has 1 atom stereocenters. The van der Waals surface area contributed by atoms with Crippen molar-refractivity contribution >= 4 is 5.91 Å². The average molecular weight is 305 g/mol. The molecule has 116 valence electrons. The van der Waals surface area contributed by atoms with Gasteiger partial charge in [0.1, 0.15) is 0 Å². The fraction of sp³-hybridized carbons (Fsp3) is 0.158. The van der Waals surface area contributed by atoms with Gasteiger partial charge in [0.25, 0.3) is 0 Å². The van der Waals surface area contributed by atoms with E-state index in [0.29, 0.717) is 5.56 Å². The van der Waals surface area contributed by atoms with Crippen LogP contribution in [0.3, 0.4) is 0 Å². The van der Waals surface area contributed by atoms with Crippen LogP contribution in [0.1, 0.15) is 44.2 Å². The SMILES string of the molecule is Cc1cccc(C(c2cnc[nH]2)c2ccccc2C(N)=O)c1C. The first-order chi connectivity index (χ1) is 11.1. The Kier molecular flexibility index (Phi) is 3.98. The van der Waals surface area contributed by atoms with E-state index in [-0.39, 0.29) is 5.92 Å². The summed E-state index contributed by atoms with van der Waals surface area (Å²) in [5.74, 6) is -0.531. The second-order valence-corrected chi connectivity index (χ2v) is 5.68. The van der Waals surface area contributed by atoms with Crippen LogP contribution in [0.25, 0.3) is 0 Å². The van der Waals surface area contributed by atoms with Crippen LogP contribution < -0.4 is 5.73 Å². The smallest absolute Gasteiger partial charge is 0.249 e. The molecule has 0 saturated carbocycles. The Labute approximate surface area is 135 Å². The minimum atomic E-state index is -0.421. The third kappa shape index (κ3) is 2.75. The molecule has 0 aliphatic carbocycles. The van der Waals surface area contributed by atoms with Crippen molar-refractivity contribution in [2.75, 3.05) is 0 Å². The van der Waals surface area contributed by atoms with E-state index in [0.717, 1.165) is 16.8 Å². The number of benzene rings is 2. The van der Waals surface area contributed by atoms with Crippen LogP contribution in [0.4, 0.5) is 0 Å². The number of H-pyrrole nitrogens is 1. The summed E-state index contributed by atoms with van der Waals surface area (Å²) in [5, 5.41) is 0. The summed E-state index contributed by atoms with van der Waals surface area (Å²) in [7, 11) is 0. The van der Waals surface area contributed by atoms with Gasteiger partial charge in [-0.1, -0.05) is 36.4 Å². The number of carbonyl (C=O) groups excluding carboxylic acids is 1. The molecule has 0 aliphatic heterocycles. The molecule has 3 rings (SSSR count). The van der Waals surface area contributed by atoms with E-state index >= 15 is 0 Å². The van der Waals surface area contributed by atoms with E-state index in [9.17, 15) is 4.79 Å². The van der Waals surface area contributed by atoms with Gasteiger partial charge in [-0.2, -0.15) is 0 Å². The van der Waals surface area contributed by atoms with E-state index < -0.39 is 5.91 Å². The molecule has 2 aromatic carbocycles. The lowest BCUT2D eigenvalue weighted by Crippen LogP contribution is -2.17. The molecule has 1 heterocycles. The van der Waals surface area contributed by atoms with Gasteiger partial charge in [-0.15, -0.1) is 0 Å². The van der Waals surface area contributed by atoms with Crippen molar-refractivity contribution in [1.82, 2.24) is 9.97 Å². The van der Waals surface area contributed by atoms with Crippen molar-refractivity contribution in [3.05, 3.63) is 88.5 Å². The molecule has 1 amide bonds. The Morgan fingerprint density at radius 1 is 1.09 bits per heavy atom. The highest BCUT2D eigenvalue weighted by Crippen LogP contribution is 2.35. The van der Waals surface area contributed by atoms with E-state index in [1.54, 1.807) is 18.6 Å². The molecule has 3 N–H and O–H groups in total. The zero-order valence-corrected chi connectivity index (χ0v) is 13.2. The monoisotopic (exact) mass is 305 g/mol. The molecule has 4 nitrogen and oxygen atoms in total. The van der Waals surface area contributed by atoms with Crippen molar-refractivity contribution in [2.24, 2.45) is 5.73 Å². The minimum Gasteiger partial charge on any atom is -0.366 e. The predicted octanol–water partition coefficient (Wildman–Crippen LogP) is 3.31. The topological polar surface area (TPSA) is 71.8 Å². The number of aryl methyl sites for hydroxylation is 1. The fourth-order valence-corrected chi connectivity index (χ4v) is 2.99. The number of carbonyl (C=O) groups is 1. The number of primary amides is 1. The van der Waals surface area contributed by atoms with Gasteiger partial charge in [-0.25, -0.2) is 4.98 Å². The van der Waals surface area contributed by atoms with Crippen LogP contribution >= 0.6 is 0 Å². The van der Waals surface area contributed by atoms with E-state index in [1.807, 2.05) is 24.3 Å².